The van der Waals surface area contributed by atoms with E-state index in [1.165, 1.54) is 28.8 Å². The highest BCUT2D eigenvalue weighted by Crippen LogP contribution is 2.18. The van der Waals surface area contributed by atoms with E-state index in [-0.39, 0.29) is 12.1 Å². The number of likely N-dealkylation sites (tertiary alicyclic amines) is 1. The fraction of sp³-hybridized carbons (Fsp3) is 0.360. The summed E-state index contributed by atoms with van der Waals surface area (Å²) in [6, 6.07) is 9.79. The second-order valence-electron chi connectivity index (χ2n) is 9.00. The summed E-state index contributed by atoms with van der Waals surface area (Å²) in [6.45, 7) is 2.79. The molecule has 2 aromatic carbocycles. The zero-order valence-electron chi connectivity index (χ0n) is 20.0. The number of alkyl halides is 3. The number of carbonyl (C=O) groups is 2. The molecule has 12 heteroatoms. The van der Waals surface area contributed by atoms with Crippen LogP contribution in [0.3, 0.4) is 0 Å². The lowest BCUT2D eigenvalue weighted by Gasteiger charge is -2.16. The van der Waals surface area contributed by atoms with Crippen LogP contribution in [0.15, 0.2) is 52.1 Å². The number of rotatable bonds is 6. The van der Waals surface area contributed by atoms with Crippen LogP contribution in [-0.4, -0.2) is 51.3 Å². The number of nitrogens with zero attached hydrogens (tertiary/aromatic N) is 3. The highest BCUT2D eigenvalue weighted by atomic mass is 19.4. The SMILES string of the molecule is Cn1c(=O)n(-c2ccc(C[C@H](N)C(=O)OC(=O)C(F)(F)F)cc2)c(=O)c2ccc(CN3CCCC3)cc21. The lowest BCUT2D eigenvalue weighted by atomic mass is 10.1. The monoisotopic (exact) mass is 518 g/mol. The smallest absolute Gasteiger partial charge is 0.385 e. The second-order valence-corrected chi connectivity index (χ2v) is 9.00. The molecule has 0 saturated carbocycles. The van der Waals surface area contributed by atoms with Crippen molar-refractivity contribution < 1.29 is 27.5 Å². The van der Waals surface area contributed by atoms with Gasteiger partial charge in [0.25, 0.3) is 5.56 Å². The molecule has 196 valence electrons. The molecule has 9 nitrogen and oxygen atoms in total. The third-order valence-electron chi connectivity index (χ3n) is 6.32. The van der Waals surface area contributed by atoms with Crippen molar-refractivity contribution in [1.29, 1.82) is 0 Å². The Balaban J connectivity index is 1.56. The molecule has 37 heavy (non-hydrogen) atoms. The Morgan fingerprint density at radius 3 is 2.27 bits per heavy atom. The largest absolute Gasteiger partial charge is 0.491 e. The van der Waals surface area contributed by atoms with Crippen LogP contribution in [0.5, 0.6) is 0 Å². The number of carbonyl (C=O) groups excluding carboxylic acids is 2. The Kier molecular flexibility index (Phi) is 7.32. The highest BCUT2D eigenvalue weighted by molar-refractivity contribution is 5.90. The maximum atomic E-state index is 13.2. The van der Waals surface area contributed by atoms with Crippen molar-refractivity contribution in [3.63, 3.8) is 0 Å². The highest BCUT2D eigenvalue weighted by Gasteiger charge is 2.43. The van der Waals surface area contributed by atoms with Gasteiger partial charge in [-0.25, -0.2) is 19.0 Å². The predicted octanol–water partition coefficient (Wildman–Crippen LogP) is 1.79. The fourth-order valence-corrected chi connectivity index (χ4v) is 4.36. The molecule has 0 unspecified atom stereocenters. The van der Waals surface area contributed by atoms with Gasteiger partial charge in [0.1, 0.15) is 6.04 Å². The van der Waals surface area contributed by atoms with E-state index in [4.69, 9.17) is 5.73 Å². The van der Waals surface area contributed by atoms with Gasteiger partial charge in [-0.05, 0) is 67.7 Å². The van der Waals surface area contributed by atoms with Gasteiger partial charge >= 0.3 is 23.8 Å². The number of esters is 2. The minimum atomic E-state index is -5.31. The van der Waals surface area contributed by atoms with E-state index in [1.54, 1.807) is 13.1 Å². The number of aryl methyl sites for hydroxylation is 1. The molecular weight excluding hydrogens is 493 g/mol. The molecule has 0 bridgehead atoms. The molecule has 0 spiro atoms. The van der Waals surface area contributed by atoms with Crippen molar-refractivity contribution in [1.82, 2.24) is 14.0 Å². The molecule has 2 N–H and O–H groups in total. The third kappa shape index (κ3) is 5.65. The quantitative estimate of drug-likeness (QED) is 0.391. The molecule has 2 heterocycles. The van der Waals surface area contributed by atoms with Gasteiger partial charge < -0.3 is 10.5 Å². The summed E-state index contributed by atoms with van der Waals surface area (Å²) in [4.78, 5) is 51.2. The van der Waals surface area contributed by atoms with Crippen LogP contribution >= 0.6 is 0 Å². The van der Waals surface area contributed by atoms with Gasteiger partial charge in [0.05, 0.1) is 16.6 Å². The molecule has 3 aromatic rings. The summed E-state index contributed by atoms with van der Waals surface area (Å²) >= 11 is 0. The van der Waals surface area contributed by atoms with E-state index >= 15 is 0 Å². The van der Waals surface area contributed by atoms with Crippen molar-refractivity contribution >= 4 is 22.8 Å². The first-order valence-electron chi connectivity index (χ1n) is 11.6. The second kappa shape index (κ2) is 10.3. The van der Waals surface area contributed by atoms with Gasteiger partial charge in [0.15, 0.2) is 0 Å². The van der Waals surface area contributed by atoms with Crippen LogP contribution in [0, 0.1) is 0 Å². The van der Waals surface area contributed by atoms with Crippen LogP contribution in [0.2, 0.25) is 0 Å². The van der Waals surface area contributed by atoms with E-state index in [2.05, 4.69) is 9.64 Å². The van der Waals surface area contributed by atoms with Crippen LogP contribution < -0.4 is 17.0 Å². The van der Waals surface area contributed by atoms with E-state index in [0.717, 1.165) is 42.6 Å². The summed E-state index contributed by atoms with van der Waals surface area (Å²) in [5.41, 5.74) is 6.76. The topological polar surface area (TPSA) is 117 Å². The number of hydrogen-bond acceptors (Lipinski definition) is 7. The summed E-state index contributed by atoms with van der Waals surface area (Å²) in [7, 11) is 1.58. The average Bonchev–Trinajstić information content (AvgIpc) is 3.36. The van der Waals surface area contributed by atoms with Gasteiger partial charge in [0, 0.05) is 13.6 Å². The number of aromatic nitrogens is 2. The molecule has 1 aromatic heterocycles. The predicted molar refractivity (Wildman–Crippen MR) is 128 cm³/mol. The summed E-state index contributed by atoms with van der Waals surface area (Å²) in [5.74, 6) is -4.16. The minimum Gasteiger partial charge on any atom is -0.385 e. The Hall–Kier alpha value is -3.77. The first-order valence-corrected chi connectivity index (χ1v) is 11.6. The Labute approximate surface area is 208 Å². The normalized spacial score (nSPS) is 15.2. The standard InChI is InChI=1S/C25H25F3N4O5/c1-30-20-13-16(14-31-10-2-3-11-31)6-9-18(20)21(33)32(24(30)36)17-7-4-15(5-8-17)12-19(29)22(34)37-23(35)25(26,27)28/h4-9,13,19H,2-3,10-12,14,29H2,1H3/t19-/m0/s1. The fourth-order valence-electron chi connectivity index (χ4n) is 4.36. The van der Waals surface area contributed by atoms with Crippen molar-refractivity contribution in [2.45, 2.75) is 38.0 Å². The Morgan fingerprint density at radius 1 is 1.03 bits per heavy atom. The Morgan fingerprint density at radius 2 is 1.65 bits per heavy atom. The van der Waals surface area contributed by atoms with Crippen LogP contribution in [0.1, 0.15) is 24.0 Å². The molecule has 4 rings (SSSR count). The minimum absolute atomic E-state index is 0.228. The molecular formula is C25H25F3N4O5. The van der Waals surface area contributed by atoms with Crippen molar-refractivity contribution in [3.8, 4) is 5.69 Å². The maximum Gasteiger partial charge on any atom is 0.491 e. The number of benzene rings is 2. The van der Waals surface area contributed by atoms with Crippen LogP contribution in [0.25, 0.3) is 16.6 Å². The van der Waals surface area contributed by atoms with Gasteiger partial charge in [-0.2, -0.15) is 13.2 Å². The molecule has 1 saturated heterocycles. The van der Waals surface area contributed by atoms with Crippen molar-refractivity contribution in [3.05, 3.63) is 74.4 Å². The average molecular weight is 518 g/mol. The summed E-state index contributed by atoms with van der Waals surface area (Å²) < 4.78 is 43.0. The maximum absolute atomic E-state index is 13.2. The van der Waals surface area contributed by atoms with E-state index in [9.17, 15) is 32.3 Å². The summed E-state index contributed by atoms with van der Waals surface area (Å²) in [5, 5.41) is 0.371. The first kappa shape index (κ1) is 26.3. The van der Waals surface area contributed by atoms with Crippen LogP contribution in [0.4, 0.5) is 13.2 Å². The molecule has 0 amide bonds. The van der Waals surface area contributed by atoms with E-state index in [0.29, 0.717) is 16.5 Å². The molecule has 1 atom stereocenters. The van der Waals surface area contributed by atoms with Crippen molar-refractivity contribution in [2.75, 3.05) is 13.1 Å². The van der Waals surface area contributed by atoms with Gasteiger partial charge in [-0.1, -0.05) is 18.2 Å². The third-order valence-corrected chi connectivity index (χ3v) is 6.32. The molecule has 0 radical (unpaired) electrons. The number of halogens is 3. The molecule has 1 aliphatic heterocycles. The number of fused-ring (bicyclic) bond motifs is 1. The van der Waals surface area contributed by atoms with E-state index < -0.39 is 35.4 Å². The van der Waals surface area contributed by atoms with Crippen molar-refractivity contribution in [2.24, 2.45) is 12.8 Å². The molecule has 1 aliphatic rings. The lowest BCUT2D eigenvalue weighted by molar-refractivity contribution is -0.202. The summed E-state index contributed by atoms with van der Waals surface area (Å²) in [6.07, 6.45) is -3.23. The number of nitrogens with two attached hydrogens (primary N) is 1. The lowest BCUT2D eigenvalue weighted by Crippen LogP contribution is -2.39. The zero-order chi connectivity index (χ0) is 26.9. The number of hydrogen-bond donors (Lipinski definition) is 1. The van der Waals surface area contributed by atoms with Gasteiger partial charge in [-0.3, -0.25) is 14.3 Å². The molecule has 1 fully saturated rings. The van der Waals surface area contributed by atoms with E-state index in [1.807, 2.05) is 12.1 Å². The number of ether oxygens (including phenoxy) is 1. The van der Waals surface area contributed by atoms with Gasteiger partial charge in [0.2, 0.25) is 0 Å². The van der Waals surface area contributed by atoms with Gasteiger partial charge in [-0.15, -0.1) is 0 Å². The first-order chi connectivity index (χ1) is 17.5. The van der Waals surface area contributed by atoms with Crippen LogP contribution in [-0.2, 0) is 34.3 Å². The zero-order valence-corrected chi connectivity index (χ0v) is 20.0. The Bertz CT molecular complexity index is 1450. The molecule has 0 aliphatic carbocycles.